The van der Waals surface area contributed by atoms with E-state index in [1.54, 1.807) is 6.92 Å². The molecule has 84 valence electrons. The first kappa shape index (κ1) is 10.4. The summed E-state index contributed by atoms with van der Waals surface area (Å²) in [5, 5.41) is 9.03. The second kappa shape index (κ2) is 3.19. The SMILES string of the molecule is Cc1oc2nc(C)n(C)c(=O)c2c1C(=O)O. The van der Waals surface area contributed by atoms with E-state index < -0.39 is 11.5 Å². The fourth-order valence-corrected chi connectivity index (χ4v) is 1.60. The van der Waals surface area contributed by atoms with Crippen LogP contribution in [0.2, 0.25) is 0 Å². The maximum atomic E-state index is 11.9. The molecule has 0 saturated carbocycles. The molecule has 16 heavy (non-hydrogen) atoms. The van der Waals surface area contributed by atoms with Gasteiger partial charge in [0.15, 0.2) is 0 Å². The number of carbonyl (C=O) groups is 1. The van der Waals surface area contributed by atoms with Crippen molar-refractivity contribution in [3.8, 4) is 0 Å². The van der Waals surface area contributed by atoms with Gasteiger partial charge in [-0.15, -0.1) is 0 Å². The van der Waals surface area contributed by atoms with Crippen molar-refractivity contribution in [3.05, 3.63) is 27.5 Å². The van der Waals surface area contributed by atoms with Crippen molar-refractivity contribution in [2.75, 3.05) is 0 Å². The number of carboxylic acids is 1. The first-order chi connectivity index (χ1) is 7.43. The number of nitrogens with zero attached hydrogens (tertiary/aromatic N) is 2. The summed E-state index contributed by atoms with van der Waals surface area (Å²) in [6.45, 7) is 3.15. The first-order valence-corrected chi connectivity index (χ1v) is 4.63. The number of rotatable bonds is 1. The number of aromatic nitrogens is 2. The lowest BCUT2D eigenvalue weighted by Crippen LogP contribution is -2.21. The van der Waals surface area contributed by atoms with Gasteiger partial charge in [0.25, 0.3) is 5.56 Å². The maximum absolute atomic E-state index is 11.9. The van der Waals surface area contributed by atoms with Gasteiger partial charge >= 0.3 is 5.97 Å². The molecule has 0 aliphatic carbocycles. The molecule has 0 saturated heterocycles. The van der Waals surface area contributed by atoms with Gasteiger partial charge in [-0.3, -0.25) is 9.36 Å². The Morgan fingerprint density at radius 3 is 2.62 bits per heavy atom. The molecular formula is C10H10N2O4. The van der Waals surface area contributed by atoms with Gasteiger partial charge in [-0.25, -0.2) is 4.79 Å². The van der Waals surface area contributed by atoms with Crippen LogP contribution < -0.4 is 5.56 Å². The first-order valence-electron chi connectivity index (χ1n) is 4.63. The summed E-state index contributed by atoms with van der Waals surface area (Å²) in [6, 6.07) is 0. The maximum Gasteiger partial charge on any atom is 0.340 e. The molecule has 1 N–H and O–H groups in total. The molecule has 0 fully saturated rings. The summed E-state index contributed by atoms with van der Waals surface area (Å²) in [4.78, 5) is 26.9. The summed E-state index contributed by atoms with van der Waals surface area (Å²) < 4.78 is 6.47. The summed E-state index contributed by atoms with van der Waals surface area (Å²) >= 11 is 0. The van der Waals surface area contributed by atoms with E-state index in [1.165, 1.54) is 18.5 Å². The lowest BCUT2D eigenvalue weighted by molar-refractivity contribution is 0.0697. The average Bonchev–Trinajstić information content (AvgIpc) is 2.51. The van der Waals surface area contributed by atoms with Crippen molar-refractivity contribution in [1.29, 1.82) is 0 Å². The normalized spacial score (nSPS) is 10.9. The van der Waals surface area contributed by atoms with E-state index >= 15 is 0 Å². The molecule has 0 atom stereocenters. The Morgan fingerprint density at radius 2 is 2.06 bits per heavy atom. The number of aromatic carboxylic acids is 1. The van der Waals surface area contributed by atoms with Gasteiger partial charge in [-0.05, 0) is 13.8 Å². The second-order valence-electron chi connectivity index (χ2n) is 3.54. The Kier molecular flexibility index (Phi) is 2.08. The number of fused-ring (bicyclic) bond motifs is 1. The minimum atomic E-state index is -1.18. The van der Waals surface area contributed by atoms with Crippen molar-refractivity contribution in [2.45, 2.75) is 13.8 Å². The number of hydrogen-bond acceptors (Lipinski definition) is 4. The summed E-state index contributed by atoms with van der Waals surface area (Å²) in [6.07, 6.45) is 0. The Morgan fingerprint density at radius 1 is 1.44 bits per heavy atom. The van der Waals surface area contributed by atoms with E-state index in [1.807, 2.05) is 0 Å². The third-order valence-electron chi connectivity index (χ3n) is 2.55. The largest absolute Gasteiger partial charge is 0.478 e. The van der Waals surface area contributed by atoms with Crippen LogP contribution in [0.25, 0.3) is 11.1 Å². The molecular weight excluding hydrogens is 212 g/mol. The van der Waals surface area contributed by atoms with E-state index in [2.05, 4.69) is 4.98 Å². The quantitative estimate of drug-likeness (QED) is 0.772. The van der Waals surface area contributed by atoms with Crippen molar-refractivity contribution in [1.82, 2.24) is 9.55 Å². The number of hydrogen-bond donors (Lipinski definition) is 1. The van der Waals surface area contributed by atoms with Crippen LogP contribution in [0.3, 0.4) is 0 Å². The number of furan rings is 1. The van der Waals surface area contributed by atoms with Crippen molar-refractivity contribution in [3.63, 3.8) is 0 Å². The topological polar surface area (TPSA) is 85.3 Å². The molecule has 0 bridgehead atoms. The molecule has 2 rings (SSSR count). The zero-order valence-corrected chi connectivity index (χ0v) is 9.07. The van der Waals surface area contributed by atoms with Gasteiger partial charge < -0.3 is 9.52 Å². The van der Waals surface area contributed by atoms with Crippen molar-refractivity contribution >= 4 is 17.1 Å². The van der Waals surface area contributed by atoms with Crippen LogP contribution in [-0.2, 0) is 7.05 Å². The van der Waals surface area contributed by atoms with Crippen molar-refractivity contribution < 1.29 is 14.3 Å². The minimum absolute atomic E-state index is 0.0260. The summed E-state index contributed by atoms with van der Waals surface area (Å²) in [7, 11) is 1.54. The molecule has 2 heterocycles. The highest BCUT2D eigenvalue weighted by atomic mass is 16.4. The van der Waals surface area contributed by atoms with Gasteiger partial charge in [0.05, 0.1) is 0 Å². The van der Waals surface area contributed by atoms with Crippen LogP contribution >= 0.6 is 0 Å². The van der Waals surface area contributed by atoms with Gasteiger partial charge in [0.2, 0.25) is 5.71 Å². The molecule has 0 aliphatic rings. The Bertz CT molecular complexity index is 651. The van der Waals surface area contributed by atoms with Crippen LogP contribution in [0.1, 0.15) is 21.9 Å². The molecule has 6 heteroatoms. The van der Waals surface area contributed by atoms with Gasteiger partial charge in [-0.2, -0.15) is 4.98 Å². The van der Waals surface area contributed by atoms with E-state index in [9.17, 15) is 9.59 Å². The van der Waals surface area contributed by atoms with Crippen LogP contribution in [-0.4, -0.2) is 20.6 Å². The van der Waals surface area contributed by atoms with E-state index in [4.69, 9.17) is 9.52 Å². The Balaban J connectivity index is 3.05. The molecule has 0 spiro atoms. The molecule has 0 unspecified atom stereocenters. The monoisotopic (exact) mass is 222 g/mol. The predicted octanol–water partition coefficient (Wildman–Crippen LogP) is 0.842. The van der Waals surface area contributed by atoms with Gasteiger partial charge in [-0.1, -0.05) is 0 Å². The molecule has 0 aromatic carbocycles. The number of carboxylic acid groups (broad SMARTS) is 1. The Hall–Kier alpha value is -2.11. The second-order valence-corrected chi connectivity index (χ2v) is 3.54. The smallest absolute Gasteiger partial charge is 0.340 e. The Labute approximate surface area is 90.1 Å². The van der Waals surface area contributed by atoms with Gasteiger partial charge in [0.1, 0.15) is 22.5 Å². The third kappa shape index (κ3) is 1.23. The highest BCUT2D eigenvalue weighted by molar-refractivity contribution is 6.02. The van der Waals surface area contributed by atoms with Crippen LogP contribution in [0.5, 0.6) is 0 Å². The molecule has 0 aliphatic heterocycles. The predicted molar refractivity (Wildman–Crippen MR) is 55.7 cm³/mol. The van der Waals surface area contributed by atoms with E-state index in [0.29, 0.717) is 5.82 Å². The third-order valence-corrected chi connectivity index (χ3v) is 2.55. The number of aryl methyl sites for hydroxylation is 2. The van der Waals surface area contributed by atoms with E-state index in [-0.39, 0.29) is 22.4 Å². The average molecular weight is 222 g/mol. The standard InChI is InChI=1S/C10H10N2O4/c1-4-6(10(14)15)7-8(16-4)11-5(2)12(3)9(7)13/h1-3H3,(H,14,15). The van der Waals surface area contributed by atoms with Crippen LogP contribution in [0.15, 0.2) is 9.21 Å². The molecule has 0 radical (unpaired) electrons. The highest BCUT2D eigenvalue weighted by Crippen LogP contribution is 2.20. The van der Waals surface area contributed by atoms with E-state index in [0.717, 1.165) is 0 Å². The molecule has 2 aromatic rings. The minimum Gasteiger partial charge on any atom is -0.478 e. The zero-order valence-electron chi connectivity index (χ0n) is 9.07. The molecule has 0 amide bonds. The molecule has 2 aromatic heterocycles. The van der Waals surface area contributed by atoms with Crippen LogP contribution in [0, 0.1) is 13.8 Å². The summed E-state index contributed by atoms with van der Waals surface area (Å²) in [5.41, 5.74) is -0.435. The van der Waals surface area contributed by atoms with Gasteiger partial charge in [0, 0.05) is 7.05 Å². The summed E-state index contributed by atoms with van der Waals surface area (Å²) in [5.74, 6) is -0.514. The van der Waals surface area contributed by atoms with Crippen molar-refractivity contribution in [2.24, 2.45) is 7.05 Å². The zero-order chi connectivity index (χ0) is 12.0. The lowest BCUT2D eigenvalue weighted by atomic mass is 10.2. The van der Waals surface area contributed by atoms with Crippen LogP contribution in [0.4, 0.5) is 0 Å². The lowest BCUT2D eigenvalue weighted by Gasteiger charge is -2.00. The fourth-order valence-electron chi connectivity index (χ4n) is 1.60. The highest BCUT2D eigenvalue weighted by Gasteiger charge is 2.22. The fraction of sp³-hybridized carbons (Fsp3) is 0.300. The molecule has 6 nitrogen and oxygen atoms in total.